The largest absolute Gasteiger partial charge is 0.351 e. The number of hydrogen-bond acceptors (Lipinski definition) is 5. The minimum Gasteiger partial charge on any atom is -0.351 e. The van der Waals surface area contributed by atoms with Crippen LogP contribution in [0.2, 0.25) is 0 Å². The van der Waals surface area contributed by atoms with Crippen LogP contribution in [0.1, 0.15) is 16.3 Å². The van der Waals surface area contributed by atoms with E-state index in [1.165, 1.54) is 23.5 Å². The van der Waals surface area contributed by atoms with Gasteiger partial charge in [-0.05, 0) is 0 Å². The summed E-state index contributed by atoms with van der Waals surface area (Å²) in [4.78, 5) is 37.2. The van der Waals surface area contributed by atoms with E-state index in [0.717, 1.165) is 5.82 Å². The maximum absolute atomic E-state index is 12.0. The molecule has 1 unspecified atom stereocenters. The van der Waals surface area contributed by atoms with E-state index in [9.17, 15) is 9.59 Å². The van der Waals surface area contributed by atoms with Gasteiger partial charge in [0.1, 0.15) is 11.5 Å². The Balaban J connectivity index is 1.67. The van der Waals surface area contributed by atoms with Crippen LogP contribution < -0.4 is 11.1 Å². The van der Waals surface area contributed by atoms with Gasteiger partial charge in [0.25, 0.3) is 5.91 Å². The summed E-state index contributed by atoms with van der Waals surface area (Å²) in [5.41, 5.74) is 5.68. The predicted octanol–water partition coefficient (Wildman–Crippen LogP) is -0.386. The zero-order valence-corrected chi connectivity index (χ0v) is 12.4. The summed E-state index contributed by atoms with van der Waals surface area (Å²) < 4.78 is 1.97. The van der Waals surface area contributed by atoms with E-state index < -0.39 is 6.03 Å². The van der Waals surface area contributed by atoms with Crippen molar-refractivity contribution in [1.29, 1.82) is 0 Å². The highest BCUT2D eigenvalue weighted by Crippen LogP contribution is 2.14. The summed E-state index contributed by atoms with van der Waals surface area (Å²) in [6.07, 6.45) is 7.93. The topological polar surface area (TPSA) is 119 Å². The molecule has 23 heavy (non-hydrogen) atoms. The molecule has 1 atom stereocenters. The molecule has 0 spiro atoms. The summed E-state index contributed by atoms with van der Waals surface area (Å²) >= 11 is 0. The molecule has 9 heteroatoms. The van der Waals surface area contributed by atoms with Crippen LogP contribution in [0.4, 0.5) is 4.79 Å². The molecule has 0 bridgehead atoms. The number of nitrogens with two attached hydrogens (primary N) is 1. The van der Waals surface area contributed by atoms with Crippen LogP contribution in [0.5, 0.6) is 0 Å². The predicted molar refractivity (Wildman–Crippen MR) is 80.1 cm³/mol. The maximum Gasteiger partial charge on any atom is 0.315 e. The Morgan fingerprint density at radius 1 is 1.26 bits per heavy atom. The SMILES string of the molecule is NC(=O)N1Cc2nccn2CC(CNC(=O)c2cnccn2)C1. The highest BCUT2D eigenvalue weighted by atomic mass is 16.2. The molecule has 9 nitrogen and oxygen atoms in total. The average molecular weight is 315 g/mol. The van der Waals surface area contributed by atoms with Gasteiger partial charge >= 0.3 is 6.03 Å². The first-order valence-electron chi connectivity index (χ1n) is 7.22. The molecule has 3 N–H and O–H groups in total. The third-order valence-corrected chi connectivity index (χ3v) is 3.73. The lowest BCUT2D eigenvalue weighted by Crippen LogP contribution is -2.41. The second kappa shape index (κ2) is 6.42. The van der Waals surface area contributed by atoms with E-state index in [2.05, 4.69) is 20.3 Å². The molecule has 3 heterocycles. The van der Waals surface area contributed by atoms with Crippen molar-refractivity contribution in [2.45, 2.75) is 13.1 Å². The molecule has 0 saturated carbocycles. The van der Waals surface area contributed by atoms with E-state index in [-0.39, 0.29) is 17.5 Å². The van der Waals surface area contributed by atoms with E-state index in [0.29, 0.717) is 26.2 Å². The molecule has 0 aromatic carbocycles. The summed E-state index contributed by atoms with van der Waals surface area (Å²) in [5, 5.41) is 2.82. The number of carbonyl (C=O) groups is 2. The molecule has 0 saturated heterocycles. The third-order valence-electron chi connectivity index (χ3n) is 3.73. The van der Waals surface area contributed by atoms with Crippen LogP contribution in [0.25, 0.3) is 0 Å². The second-order valence-corrected chi connectivity index (χ2v) is 5.38. The summed E-state index contributed by atoms with van der Waals surface area (Å²) in [6.45, 7) is 1.88. The van der Waals surface area contributed by atoms with Gasteiger partial charge in [0.15, 0.2) is 0 Å². The lowest BCUT2D eigenvalue weighted by Gasteiger charge is -2.22. The van der Waals surface area contributed by atoms with E-state index >= 15 is 0 Å². The number of carbonyl (C=O) groups excluding carboxylic acids is 2. The normalized spacial score (nSPS) is 17.2. The fourth-order valence-electron chi connectivity index (χ4n) is 2.58. The molecule has 0 aliphatic carbocycles. The Hall–Kier alpha value is -2.97. The number of fused-ring (bicyclic) bond motifs is 1. The second-order valence-electron chi connectivity index (χ2n) is 5.38. The van der Waals surface area contributed by atoms with Gasteiger partial charge in [-0.25, -0.2) is 14.8 Å². The summed E-state index contributed by atoms with van der Waals surface area (Å²) in [5.74, 6) is 0.518. The smallest absolute Gasteiger partial charge is 0.315 e. The molecular weight excluding hydrogens is 298 g/mol. The number of urea groups is 1. The Morgan fingerprint density at radius 2 is 2.13 bits per heavy atom. The number of imidazole rings is 1. The van der Waals surface area contributed by atoms with Crippen molar-refractivity contribution in [1.82, 2.24) is 29.7 Å². The van der Waals surface area contributed by atoms with Crippen molar-refractivity contribution >= 4 is 11.9 Å². The van der Waals surface area contributed by atoms with Crippen molar-refractivity contribution in [2.24, 2.45) is 11.7 Å². The molecule has 3 rings (SSSR count). The Kier molecular flexibility index (Phi) is 4.18. The Labute approximate surface area is 132 Å². The highest BCUT2D eigenvalue weighted by Gasteiger charge is 2.24. The minimum absolute atomic E-state index is 0.0265. The molecule has 1 aliphatic rings. The number of aromatic nitrogens is 4. The van der Waals surface area contributed by atoms with Crippen molar-refractivity contribution in [3.8, 4) is 0 Å². The highest BCUT2D eigenvalue weighted by molar-refractivity contribution is 5.91. The molecular formula is C14H17N7O2. The number of nitrogens with zero attached hydrogens (tertiary/aromatic N) is 5. The van der Waals surface area contributed by atoms with Crippen molar-refractivity contribution in [2.75, 3.05) is 13.1 Å². The number of rotatable bonds is 3. The Bertz CT molecular complexity index is 700. The van der Waals surface area contributed by atoms with E-state index in [1.807, 2.05) is 10.8 Å². The minimum atomic E-state index is -0.494. The maximum atomic E-state index is 12.0. The van der Waals surface area contributed by atoms with Crippen LogP contribution in [0.15, 0.2) is 31.0 Å². The molecule has 1 aliphatic heterocycles. The first-order chi connectivity index (χ1) is 11.1. The van der Waals surface area contributed by atoms with Gasteiger partial charge in [-0.2, -0.15) is 0 Å². The molecule has 0 radical (unpaired) electrons. The fourth-order valence-corrected chi connectivity index (χ4v) is 2.58. The molecule has 120 valence electrons. The van der Waals surface area contributed by atoms with Gasteiger partial charge in [0, 0.05) is 50.3 Å². The standard InChI is InChI=1S/C14H17N7O2/c15-14(23)21-8-10(7-20-4-3-18-12(20)9-21)5-19-13(22)11-6-16-1-2-17-11/h1-4,6,10H,5,7-9H2,(H2,15,23)(H,19,22). The first-order valence-corrected chi connectivity index (χ1v) is 7.22. The molecule has 3 amide bonds. The lowest BCUT2D eigenvalue weighted by molar-refractivity contribution is 0.0938. The monoisotopic (exact) mass is 315 g/mol. The zero-order chi connectivity index (χ0) is 16.2. The summed E-state index contributed by atoms with van der Waals surface area (Å²) in [6, 6.07) is -0.494. The van der Waals surface area contributed by atoms with E-state index in [4.69, 9.17) is 5.73 Å². The van der Waals surface area contributed by atoms with Gasteiger partial charge in [0.2, 0.25) is 0 Å². The van der Waals surface area contributed by atoms with Gasteiger partial charge in [-0.3, -0.25) is 9.78 Å². The third kappa shape index (κ3) is 3.44. The summed E-state index contributed by atoms with van der Waals surface area (Å²) in [7, 11) is 0. The van der Waals surface area contributed by atoms with Crippen molar-refractivity contribution in [3.63, 3.8) is 0 Å². The quantitative estimate of drug-likeness (QED) is 0.799. The van der Waals surface area contributed by atoms with Gasteiger partial charge in [-0.1, -0.05) is 0 Å². The fraction of sp³-hybridized carbons (Fsp3) is 0.357. The van der Waals surface area contributed by atoms with Crippen LogP contribution >= 0.6 is 0 Å². The number of amides is 3. The first kappa shape index (κ1) is 14.9. The van der Waals surface area contributed by atoms with Crippen molar-refractivity contribution < 1.29 is 9.59 Å². The van der Waals surface area contributed by atoms with Crippen LogP contribution in [-0.4, -0.2) is 49.4 Å². The van der Waals surface area contributed by atoms with Crippen LogP contribution in [-0.2, 0) is 13.1 Å². The van der Waals surface area contributed by atoms with Crippen LogP contribution in [0.3, 0.4) is 0 Å². The molecule has 2 aromatic rings. The van der Waals surface area contributed by atoms with Crippen LogP contribution in [0, 0.1) is 5.92 Å². The van der Waals surface area contributed by atoms with Crippen molar-refractivity contribution in [3.05, 3.63) is 42.5 Å². The lowest BCUT2D eigenvalue weighted by atomic mass is 10.1. The van der Waals surface area contributed by atoms with Gasteiger partial charge < -0.3 is 20.5 Å². The zero-order valence-electron chi connectivity index (χ0n) is 12.4. The number of nitrogens with one attached hydrogen (secondary N) is 1. The molecule has 0 fully saturated rings. The van der Waals surface area contributed by atoms with Gasteiger partial charge in [0.05, 0.1) is 12.7 Å². The Morgan fingerprint density at radius 3 is 2.87 bits per heavy atom. The van der Waals surface area contributed by atoms with Gasteiger partial charge in [-0.15, -0.1) is 0 Å². The number of primary amides is 1. The van der Waals surface area contributed by atoms with E-state index in [1.54, 1.807) is 6.20 Å². The average Bonchev–Trinajstić information content (AvgIpc) is 2.91. The molecule has 2 aromatic heterocycles. The number of hydrogen-bond donors (Lipinski definition) is 2.